The van der Waals surface area contributed by atoms with Crippen molar-refractivity contribution in [3.8, 4) is 11.5 Å². The van der Waals surface area contributed by atoms with Crippen LogP contribution >= 0.6 is 0 Å². The monoisotopic (exact) mass is 216 g/mol. The first kappa shape index (κ1) is 10.7. The summed E-state index contributed by atoms with van der Waals surface area (Å²) in [4.78, 5) is 4.31. The van der Waals surface area contributed by atoms with Crippen molar-refractivity contribution in [1.29, 1.82) is 0 Å². The lowest BCUT2D eigenvalue weighted by Crippen LogP contribution is -2.09. The van der Waals surface area contributed by atoms with Crippen LogP contribution in [0.5, 0.6) is 0 Å². The van der Waals surface area contributed by atoms with E-state index in [9.17, 15) is 0 Å². The zero-order chi connectivity index (χ0) is 11.5. The number of hydrogen-bond acceptors (Lipinski definition) is 3. The van der Waals surface area contributed by atoms with Gasteiger partial charge in [-0.2, -0.15) is 0 Å². The molecule has 1 aromatic heterocycles. The predicted octanol–water partition coefficient (Wildman–Crippen LogP) is 3.47. The van der Waals surface area contributed by atoms with Crippen LogP contribution in [-0.2, 0) is 0 Å². The SMILES string of the molecule is Cc1coc(-c2cccc(NC(C)C)c2)n1. The maximum atomic E-state index is 5.37. The second-order valence-corrected chi connectivity index (χ2v) is 4.17. The van der Waals surface area contributed by atoms with Gasteiger partial charge in [0.2, 0.25) is 5.89 Å². The van der Waals surface area contributed by atoms with Crippen molar-refractivity contribution in [2.75, 3.05) is 5.32 Å². The van der Waals surface area contributed by atoms with Crippen LogP contribution < -0.4 is 5.32 Å². The molecule has 0 atom stereocenters. The predicted molar refractivity (Wildman–Crippen MR) is 65.4 cm³/mol. The quantitative estimate of drug-likeness (QED) is 0.853. The molecule has 0 spiro atoms. The zero-order valence-electron chi connectivity index (χ0n) is 9.82. The summed E-state index contributed by atoms with van der Waals surface area (Å²) in [7, 11) is 0. The molecule has 0 saturated heterocycles. The van der Waals surface area contributed by atoms with Gasteiger partial charge >= 0.3 is 0 Å². The fraction of sp³-hybridized carbons (Fsp3) is 0.308. The Kier molecular flexibility index (Phi) is 2.95. The number of nitrogens with one attached hydrogen (secondary N) is 1. The Morgan fingerprint density at radius 2 is 2.12 bits per heavy atom. The maximum absolute atomic E-state index is 5.37. The minimum absolute atomic E-state index is 0.418. The molecular formula is C13H16N2O. The van der Waals surface area contributed by atoms with Gasteiger partial charge in [-0.15, -0.1) is 0 Å². The maximum Gasteiger partial charge on any atom is 0.226 e. The first-order valence-electron chi connectivity index (χ1n) is 5.44. The van der Waals surface area contributed by atoms with Gasteiger partial charge in [0.25, 0.3) is 0 Å². The lowest BCUT2D eigenvalue weighted by molar-refractivity contribution is 0.573. The third-order valence-electron chi connectivity index (χ3n) is 2.18. The minimum atomic E-state index is 0.418. The van der Waals surface area contributed by atoms with Crippen LogP contribution in [0.2, 0.25) is 0 Å². The van der Waals surface area contributed by atoms with Crippen molar-refractivity contribution in [3.05, 3.63) is 36.2 Å². The molecular weight excluding hydrogens is 200 g/mol. The number of nitrogens with zero attached hydrogens (tertiary/aromatic N) is 1. The number of hydrogen-bond donors (Lipinski definition) is 1. The molecule has 0 aliphatic carbocycles. The van der Waals surface area contributed by atoms with Gasteiger partial charge in [-0.05, 0) is 39.0 Å². The van der Waals surface area contributed by atoms with Crippen LogP contribution in [0.3, 0.4) is 0 Å². The third kappa shape index (κ3) is 2.42. The van der Waals surface area contributed by atoms with Crippen molar-refractivity contribution in [2.24, 2.45) is 0 Å². The molecule has 0 unspecified atom stereocenters. The molecule has 0 radical (unpaired) electrons. The zero-order valence-corrected chi connectivity index (χ0v) is 9.82. The standard InChI is InChI=1S/C13H16N2O/c1-9(2)14-12-6-4-5-11(7-12)13-15-10(3)8-16-13/h4-9,14H,1-3H3. The molecule has 0 bridgehead atoms. The fourth-order valence-electron chi connectivity index (χ4n) is 1.56. The highest BCUT2D eigenvalue weighted by atomic mass is 16.3. The molecule has 2 aromatic rings. The number of benzene rings is 1. The fourth-order valence-corrected chi connectivity index (χ4v) is 1.56. The van der Waals surface area contributed by atoms with E-state index in [1.165, 1.54) is 0 Å². The van der Waals surface area contributed by atoms with Crippen molar-refractivity contribution < 1.29 is 4.42 Å². The highest BCUT2D eigenvalue weighted by Crippen LogP contribution is 2.22. The van der Waals surface area contributed by atoms with E-state index in [-0.39, 0.29) is 0 Å². The Morgan fingerprint density at radius 1 is 1.31 bits per heavy atom. The topological polar surface area (TPSA) is 38.1 Å². The van der Waals surface area contributed by atoms with Gasteiger partial charge < -0.3 is 9.73 Å². The van der Waals surface area contributed by atoms with E-state index < -0.39 is 0 Å². The van der Waals surface area contributed by atoms with Crippen LogP contribution in [0.4, 0.5) is 5.69 Å². The Bertz CT molecular complexity index is 474. The first-order valence-corrected chi connectivity index (χ1v) is 5.44. The van der Waals surface area contributed by atoms with Crippen molar-refractivity contribution in [3.63, 3.8) is 0 Å². The molecule has 0 fully saturated rings. The van der Waals surface area contributed by atoms with Gasteiger partial charge in [0.1, 0.15) is 6.26 Å². The Labute approximate surface area is 95.5 Å². The third-order valence-corrected chi connectivity index (χ3v) is 2.18. The second-order valence-electron chi connectivity index (χ2n) is 4.17. The summed E-state index contributed by atoms with van der Waals surface area (Å²) in [5.74, 6) is 0.671. The van der Waals surface area contributed by atoms with Crippen LogP contribution in [-0.4, -0.2) is 11.0 Å². The molecule has 3 nitrogen and oxygen atoms in total. The van der Waals surface area contributed by atoms with Crippen molar-refractivity contribution in [1.82, 2.24) is 4.98 Å². The normalized spacial score (nSPS) is 10.8. The van der Waals surface area contributed by atoms with Crippen LogP contribution in [0.25, 0.3) is 11.5 Å². The number of aryl methyl sites for hydroxylation is 1. The summed E-state index contributed by atoms with van der Waals surface area (Å²) in [5.41, 5.74) is 2.99. The van der Waals surface area contributed by atoms with E-state index in [1.54, 1.807) is 6.26 Å². The van der Waals surface area contributed by atoms with Gasteiger partial charge in [0.15, 0.2) is 0 Å². The van der Waals surface area contributed by atoms with E-state index >= 15 is 0 Å². The minimum Gasteiger partial charge on any atom is -0.444 e. The summed E-state index contributed by atoms with van der Waals surface area (Å²) >= 11 is 0. The molecule has 1 aromatic carbocycles. The Hall–Kier alpha value is -1.77. The van der Waals surface area contributed by atoms with Crippen LogP contribution in [0.15, 0.2) is 34.9 Å². The molecule has 1 N–H and O–H groups in total. The van der Waals surface area contributed by atoms with Crippen LogP contribution in [0.1, 0.15) is 19.5 Å². The number of anilines is 1. The number of rotatable bonds is 3. The van der Waals surface area contributed by atoms with Crippen LogP contribution in [0, 0.1) is 6.92 Å². The highest BCUT2D eigenvalue weighted by Gasteiger charge is 2.05. The smallest absolute Gasteiger partial charge is 0.226 e. The molecule has 0 saturated carbocycles. The molecule has 2 rings (SSSR count). The lowest BCUT2D eigenvalue weighted by Gasteiger charge is -2.10. The molecule has 16 heavy (non-hydrogen) atoms. The first-order chi connectivity index (χ1) is 7.65. The molecule has 3 heteroatoms. The van der Waals surface area contributed by atoms with Gasteiger partial charge in [-0.3, -0.25) is 0 Å². The lowest BCUT2D eigenvalue weighted by atomic mass is 10.2. The highest BCUT2D eigenvalue weighted by molar-refractivity contribution is 5.61. The average molecular weight is 216 g/mol. The molecule has 0 amide bonds. The number of oxazole rings is 1. The van der Waals surface area contributed by atoms with E-state index in [0.29, 0.717) is 11.9 Å². The summed E-state index contributed by atoms with van der Waals surface area (Å²) in [6.07, 6.45) is 1.66. The van der Waals surface area contributed by atoms with Crippen molar-refractivity contribution in [2.45, 2.75) is 26.8 Å². The van der Waals surface area contributed by atoms with E-state index in [0.717, 1.165) is 16.9 Å². The van der Waals surface area contributed by atoms with Gasteiger partial charge in [0, 0.05) is 17.3 Å². The molecule has 84 valence electrons. The summed E-state index contributed by atoms with van der Waals surface area (Å²) in [6, 6.07) is 8.50. The van der Waals surface area contributed by atoms with Gasteiger partial charge in [0.05, 0.1) is 5.69 Å². The second kappa shape index (κ2) is 4.39. The van der Waals surface area contributed by atoms with E-state index in [4.69, 9.17) is 4.42 Å². The molecule has 1 heterocycles. The molecule has 0 aliphatic heterocycles. The van der Waals surface area contributed by atoms with Crippen molar-refractivity contribution >= 4 is 5.69 Å². The van der Waals surface area contributed by atoms with Gasteiger partial charge in [-0.1, -0.05) is 6.07 Å². The number of aromatic nitrogens is 1. The summed E-state index contributed by atoms with van der Waals surface area (Å²) in [6.45, 7) is 6.15. The van der Waals surface area contributed by atoms with E-state index in [1.807, 2.05) is 31.2 Å². The molecule has 0 aliphatic rings. The Balaban J connectivity index is 2.28. The largest absolute Gasteiger partial charge is 0.444 e. The van der Waals surface area contributed by atoms with E-state index in [2.05, 4.69) is 24.1 Å². The summed E-state index contributed by atoms with van der Waals surface area (Å²) < 4.78 is 5.37. The Morgan fingerprint density at radius 3 is 2.75 bits per heavy atom. The average Bonchev–Trinajstić information content (AvgIpc) is 2.64. The summed E-state index contributed by atoms with van der Waals surface area (Å²) in [5, 5.41) is 3.35. The van der Waals surface area contributed by atoms with Gasteiger partial charge in [-0.25, -0.2) is 4.98 Å².